The third-order valence-corrected chi connectivity index (χ3v) is 4.52. The van der Waals surface area contributed by atoms with Crippen LogP contribution in [-0.2, 0) is 11.3 Å². The molecule has 0 aliphatic carbocycles. The number of ether oxygens (including phenoxy) is 1. The summed E-state index contributed by atoms with van der Waals surface area (Å²) >= 11 is 11.2. The summed E-state index contributed by atoms with van der Waals surface area (Å²) in [5.41, 5.74) is 1.11. The van der Waals surface area contributed by atoms with E-state index < -0.39 is 0 Å². The van der Waals surface area contributed by atoms with Gasteiger partial charge in [-0.25, -0.2) is 0 Å². The van der Waals surface area contributed by atoms with Crippen LogP contribution < -0.4 is 10.1 Å². The third-order valence-electron chi connectivity index (χ3n) is 3.98. The summed E-state index contributed by atoms with van der Waals surface area (Å²) < 4.78 is 7.62. The van der Waals surface area contributed by atoms with Gasteiger partial charge in [0.25, 0.3) is 0 Å². The second-order valence-electron chi connectivity index (χ2n) is 5.92. The van der Waals surface area contributed by atoms with Crippen molar-refractivity contribution in [1.29, 1.82) is 0 Å². The number of H-pyrrole nitrogens is 1. The van der Waals surface area contributed by atoms with Gasteiger partial charge in [0.15, 0.2) is 10.6 Å². The van der Waals surface area contributed by atoms with Gasteiger partial charge >= 0.3 is 0 Å². The van der Waals surface area contributed by atoms with Crippen molar-refractivity contribution in [3.05, 3.63) is 52.3 Å². The van der Waals surface area contributed by atoms with E-state index in [9.17, 15) is 9.90 Å². The highest BCUT2D eigenvalue weighted by Crippen LogP contribution is 2.27. The molecule has 146 valence electrons. The van der Waals surface area contributed by atoms with Gasteiger partial charge in [0, 0.05) is 23.6 Å². The molecule has 0 atom stereocenters. The summed E-state index contributed by atoms with van der Waals surface area (Å²) in [7, 11) is 0. The molecule has 1 aromatic heterocycles. The maximum Gasteiger partial charge on any atom is 0.226 e. The average molecular weight is 419 g/mol. The van der Waals surface area contributed by atoms with Crippen LogP contribution in [0.2, 0.25) is 5.02 Å². The van der Waals surface area contributed by atoms with Crippen molar-refractivity contribution >= 4 is 35.4 Å². The van der Waals surface area contributed by atoms with E-state index in [0.717, 1.165) is 11.3 Å². The van der Waals surface area contributed by atoms with Gasteiger partial charge < -0.3 is 15.2 Å². The Morgan fingerprint density at radius 3 is 2.79 bits per heavy atom. The Bertz CT molecular complexity index is 1030. The predicted octanol–water partition coefficient (Wildman–Crippen LogP) is 4.39. The lowest BCUT2D eigenvalue weighted by atomic mass is 10.2. The van der Waals surface area contributed by atoms with Crippen LogP contribution in [0.4, 0.5) is 5.69 Å². The SMILES string of the molecule is CCOc1ccc(-c2n[nH]c(=S)n2CCC(=O)Nc2cc(Cl)ccc2O)cc1. The van der Waals surface area contributed by atoms with Crippen molar-refractivity contribution in [2.45, 2.75) is 19.9 Å². The molecule has 2 aromatic carbocycles. The van der Waals surface area contributed by atoms with Crippen LogP contribution in [0.5, 0.6) is 11.5 Å². The number of phenols is 1. The van der Waals surface area contributed by atoms with Crippen molar-refractivity contribution in [2.24, 2.45) is 0 Å². The molecule has 1 heterocycles. The van der Waals surface area contributed by atoms with Gasteiger partial charge in [-0.2, -0.15) is 5.10 Å². The topological polar surface area (TPSA) is 92.2 Å². The van der Waals surface area contributed by atoms with Crippen LogP contribution in [0, 0.1) is 4.77 Å². The molecule has 3 rings (SSSR count). The van der Waals surface area contributed by atoms with Crippen LogP contribution in [0.1, 0.15) is 13.3 Å². The van der Waals surface area contributed by atoms with Crippen molar-refractivity contribution in [3.63, 3.8) is 0 Å². The zero-order valence-corrected chi connectivity index (χ0v) is 16.7. The number of carbonyl (C=O) groups excluding carboxylic acids is 1. The second kappa shape index (κ2) is 8.90. The first-order valence-electron chi connectivity index (χ1n) is 8.64. The predicted molar refractivity (Wildman–Crippen MR) is 110 cm³/mol. The maximum absolute atomic E-state index is 12.3. The smallest absolute Gasteiger partial charge is 0.226 e. The fourth-order valence-corrected chi connectivity index (χ4v) is 3.04. The summed E-state index contributed by atoms with van der Waals surface area (Å²) in [6.45, 7) is 2.84. The normalized spacial score (nSPS) is 10.6. The summed E-state index contributed by atoms with van der Waals surface area (Å²) in [5, 5.41) is 19.9. The molecule has 9 heteroatoms. The fraction of sp³-hybridized carbons (Fsp3) is 0.211. The molecular formula is C19H19ClN4O3S. The third kappa shape index (κ3) is 4.71. The number of hydrogen-bond donors (Lipinski definition) is 3. The summed E-state index contributed by atoms with van der Waals surface area (Å²) in [6.07, 6.45) is 0.143. The molecule has 0 unspecified atom stereocenters. The molecule has 3 aromatic rings. The van der Waals surface area contributed by atoms with E-state index >= 15 is 0 Å². The first kappa shape index (κ1) is 19.9. The fourth-order valence-electron chi connectivity index (χ4n) is 2.65. The van der Waals surface area contributed by atoms with Gasteiger partial charge in [-0.3, -0.25) is 14.5 Å². The molecule has 0 bridgehead atoms. The molecule has 7 nitrogen and oxygen atoms in total. The number of phenolic OH excluding ortho intramolecular Hbond substituents is 1. The van der Waals surface area contributed by atoms with Crippen molar-refractivity contribution < 1.29 is 14.6 Å². The molecule has 3 N–H and O–H groups in total. The Kier molecular flexibility index (Phi) is 6.33. The monoisotopic (exact) mass is 418 g/mol. The zero-order valence-electron chi connectivity index (χ0n) is 15.1. The van der Waals surface area contributed by atoms with Crippen molar-refractivity contribution in [3.8, 4) is 22.9 Å². The van der Waals surface area contributed by atoms with Gasteiger partial charge in [-0.05, 0) is 61.6 Å². The Labute approximate surface area is 171 Å². The van der Waals surface area contributed by atoms with Crippen LogP contribution in [0.3, 0.4) is 0 Å². The van der Waals surface area contributed by atoms with E-state index in [0.29, 0.717) is 28.8 Å². The molecular weight excluding hydrogens is 400 g/mol. The Morgan fingerprint density at radius 1 is 1.32 bits per heavy atom. The summed E-state index contributed by atoms with van der Waals surface area (Å²) in [4.78, 5) is 12.3. The van der Waals surface area contributed by atoms with E-state index in [1.807, 2.05) is 31.2 Å². The number of aromatic nitrogens is 3. The van der Waals surface area contributed by atoms with Crippen LogP contribution >= 0.6 is 23.8 Å². The highest BCUT2D eigenvalue weighted by molar-refractivity contribution is 7.71. The molecule has 0 saturated heterocycles. The van der Waals surface area contributed by atoms with Gasteiger partial charge in [0.05, 0.1) is 12.3 Å². The molecule has 1 amide bonds. The molecule has 0 radical (unpaired) electrons. The summed E-state index contributed by atoms with van der Waals surface area (Å²) in [6, 6.07) is 11.9. The lowest BCUT2D eigenvalue weighted by molar-refractivity contribution is -0.116. The number of aromatic amines is 1. The van der Waals surface area contributed by atoms with Crippen molar-refractivity contribution in [2.75, 3.05) is 11.9 Å². The largest absolute Gasteiger partial charge is 0.506 e. The van der Waals surface area contributed by atoms with E-state index in [2.05, 4.69) is 15.5 Å². The number of anilines is 1. The minimum absolute atomic E-state index is 0.0484. The standard InChI is InChI=1S/C19H19ClN4O3S/c1-2-27-14-6-3-12(4-7-14)18-22-23-19(28)24(18)10-9-17(26)21-15-11-13(20)5-8-16(15)25/h3-8,11,25H,2,9-10H2,1H3,(H,21,26)(H,23,28). The van der Waals surface area contributed by atoms with Gasteiger partial charge in [-0.15, -0.1) is 0 Å². The van der Waals surface area contributed by atoms with Crippen molar-refractivity contribution in [1.82, 2.24) is 14.8 Å². The van der Waals surface area contributed by atoms with Crippen LogP contribution in [-0.4, -0.2) is 32.4 Å². The second-order valence-corrected chi connectivity index (χ2v) is 6.74. The molecule has 0 spiro atoms. The number of carbonyl (C=O) groups is 1. The van der Waals surface area contributed by atoms with Crippen LogP contribution in [0.25, 0.3) is 11.4 Å². The Morgan fingerprint density at radius 2 is 2.07 bits per heavy atom. The van der Waals surface area contributed by atoms with E-state index in [4.69, 9.17) is 28.6 Å². The van der Waals surface area contributed by atoms with Crippen LogP contribution in [0.15, 0.2) is 42.5 Å². The quantitative estimate of drug-likeness (QED) is 0.391. The number of benzene rings is 2. The van der Waals surface area contributed by atoms with E-state index in [1.165, 1.54) is 12.1 Å². The minimum Gasteiger partial charge on any atom is -0.506 e. The highest BCUT2D eigenvalue weighted by Gasteiger charge is 2.12. The van der Waals surface area contributed by atoms with Gasteiger partial charge in [0.1, 0.15) is 11.5 Å². The molecule has 0 fully saturated rings. The maximum atomic E-state index is 12.3. The van der Waals surface area contributed by atoms with Gasteiger partial charge in [-0.1, -0.05) is 11.6 Å². The zero-order chi connectivity index (χ0) is 20.1. The number of amides is 1. The lowest BCUT2D eigenvalue weighted by Gasteiger charge is -2.10. The average Bonchev–Trinajstić information content (AvgIpc) is 3.04. The van der Waals surface area contributed by atoms with E-state index in [1.54, 1.807) is 10.6 Å². The lowest BCUT2D eigenvalue weighted by Crippen LogP contribution is -2.15. The minimum atomic E-state index is -0.279. The molecule has 0 saturated carbocycles. The molecule has 0 aliphatic rings. The number of rotatable bonds is 7. The summed E-state index contributed by atoms with van der Waals surface area (Å²) in [5.74, 6) is 1.07. The number of hydrogen-bond acceptors (Lipinski definition) is 5. The van der Waals surface area contributed by atoms with E-state index in [-0.39, 0.29) is 23.8 Å². The highest BCUT2D eigenvalue weighted by atomic mass is 35.5. The molecule has 0 aliphatic heterocycles. The number of aromatic hydroxyl groups is 1. The first-order chi connectivity index (χ1) is 13.5. The van der Waals surface area contributed by atoms with Gasteiger partial charge in [0.2, 0.25) is 5.91 Å². The number of nitrogens with zero attached hydrogens (tertiary/aromatic N) is 2. The first-order valence-corrected chi connectivity index (χ1v) is 9.43. The Balaban J connectivity index is 1.71. The number of nitrogens with one attached hydrogen (secondary N) is 2. The molecule has 28 heavy (non-hydrogen) atoms. The Hall–Kier alpha value is -2.84. The number of halogens is 1.